The maximum atomic E-state index is 11.2. The summed E-state index contributed by atoms with van der Waals surface area (Å²) in [6.45, 7) is 1.03. The van der Waals surface area contributed by atoms with Crippen LogP contribution in [0.25, 0.3) is 0 Å². The van der Waals surface area contributed by atoms with Gasteiger partial charge in [-0.25, -0.2) is 0 Å². The van der Waals surface area contributed by atoms with Crippen molar-refractivity contribution in [3.63, 3.8) is 0 Å². The van der Waals surface area contributed by atoms with Crippen molar-refractivity contribution in [3.05, 3.63) is 64.1 Å². The maximum Gasteiger partial charge on any atom is 0.222 e. The molecule has 1 atom stereocenters. The molecule has 0 saturated heterocycles. The Morgan fingerprint density at radius 1 is 1.08 bits per heavy atom. The molecule has 132 valence electrons. The average molecular weight is 435 g/mol. The van der Waals surface area contributed by atoms with Crippen molar-refractivity contribution in [1.29, 1.82) is 0 Å². The van der Waals surface area contributed by atoms with Gasteiger partial charge in [-0.1, -0.05) is 40.2 Å². The molecule has 2 aromatic rings. The molecular formula is C17H22BrCl2N3O. The predicted octanol–water partition coefficient (Wildman–Crippen LogP) is 3.51. The van der Waals surface area contributed by atoms with Crippen LogP contribution >= 0.6 is 40.7 Å². The molecule has 2 rings (SSSR count). The molecule has 0 spiro atoms. The van der Waals surface area contributed by atoms with Gasteiger partial charge in [0.25, 0.3) is 0 Å². The summed E-state index contributed by atoms with van der Waals surface area (Å²) in [5.74, 6) is -0.653. The molecule has 0 bridgehead atoms. The lowest BCUT2D eigenvalue weighted by atomic mass is 9.99. The van der Waals surface area contributed by atoms with Crippen LogP contribution in [0.1, 0.15) is 11.1 Å². The molecule has 5 N–H and O–H groups in total. The molecule has 24 heavy (non-hydrogen) atoms. The number of primary amides is 1. The van der Waals surface area contributed by atoms with Gasteiger partial charge in [-0.15, -0.1) is 24.8 Å². The zero-order valence-electron chi connectivity index (χ0n) is 13.1. The van der Waals surface area contributed by atoms with Gasteiger partial charge in [0.15, 0.2) is 0 Å². The number of anilines is 1. The van der Waals surface area contributed by atoms with E-state index < -0.39 is 0 Å². The van der Waals surface area contributed by atoms with Crippen molar-refractivity contribution >= 4 is 52.3 Å². The van der Waals surface area contributed by atoms with Gasteiger partial charge in [0.05, 0.1) is 5.92 Å². The van der Waals surface area contributed by atoms with Gasteiger partial charge in [-0.05, 0) is 41.8 Å². The lowest BCUT2D eigenvalue weighted by Crippen LogP contribution is -2.31. The molecule has 1 unspecified atom stereocenters. The molecule has 2 aromatic carbocycles. The molecule has 4 nitrogen and oxygen atoms in total. The smallest absolute Gasteiger partial charge is 0.222 e. The number of halogens is 3. The zero-order valence-corrected chi connectivity index (χ0v) is 16.3. The Labute approximate surface area is 163 Å². The molecule has 7 heteroatoms. The van der Waals surface area contributed by atoms with Crippen LogP contribution in [0.2, 0.25) is 0 Å². The first kappa shape index (κ1) is 22.7. The summed E-state index contributed by atoms with van der Waals surface area (Å²) < 4.78 is 1.07. The largest absolute Gasteiger partial charge is 0.381 e. The minimum atomic E-state index is -0.348. The van der Waals surface area contributed by atoms with Crippen molar-refractivity contribution in [2.75, 3.05) is 11.9 Å². The summed E-state index contributed by atoms with van der Waals surface area (Å²) in [6, 6.07) is 16.2. The monoisotopic (exact) mass is 433 g/mol. The maximum absolute atomic E-state index is 11.2. The molecule has 0 aliphatic rings. The number of nitrogens with one attached hydrogen (secondary N) is 1. The van der Waals surface area contributed by atoms with Crippen LogP contribution in [0, 0.1) is 5.92 Å². The number of carbonyl (C=O) groups excluding carboxylic acids is 1. The van der Waals surface area contributed by atoms with Crippen LogP contribution in [-0.4, -0.2) is 12.5 Å². The second-order valence-electron chi connectivity index (χ2n) is 5.22. The molecule has 0 aliphatic carbocycles. The topological polar surface area (TPSA) is 81.1 Å². The highest BCUT2D eigenvalue weighted by Crippen LogP contribution is 2.16. The van der Waals surface area contributed by atoms with Crippen LogP contribution in [0.5, 0.6) is 0 Å². The Morgan fingerprint density at radius 2 is 1.75 bits per heavy atom. The van der Waals surface area contributed by atoms with Gasteiger partial charge < -0.3 is 16.8 Å². The molecule has 0 radical (unpaired) electrons. The van der Waals surface area contributed by atoms with Gasteiger partial charge >= 0.3 is 0 Å². The van der Waals surface area contributed by atoms with Gasteiger partial charge in [0, 0.05) is 23.2 Å². The molecule has 0 aromatic heterocycles. The summed E-state index contributed by atoms with van der Waals surface area (Å²) in [7, 11) is 0. The summed E-state index contributed by atoms with van der Waals surface area (Å²) in [5, 5.41) is 3.37. The second-order valence-corrected chi connectivity index (χ2v) is 6.14. The third kappa shape index (κ3) is 7.09. The van der Waals surface area contributed by atoms with E-state index in [1.807, 2.05) is 36.4 Å². The van der Waals surface area contributed by atoms with Gasteiger partial charge in [-0.2, -0.15) is 0 Å². The Kier molecular flexibility index (Phi) is 10.7. The SMILES string of the molecule is Cl.Cl.NCC(Cc1ccc(NCc2cccc(Br)c2)cc1)C(N)=O. The summed E-state index contributed by atoms with van der Waals surface area (Å²) in [6.07, 6.45) is 0.581. The van der Waals surface area contributed by atoms with Crippen LogP contribution in [0.4, 0.5) is 5.69 Å². The third-order valence-corrected chi connectivity index (χ3v) is 4.00. The average Bonchev–Trinajstić information content (AvgIpc) is 2.51. The van der Waals surface area contributed by atoms with E-state index in [4.69, 9.17) is 11.5 Å². The van der Waals surface area contributed by atoms with Crippen LogP contribution in [0.15, 0.2) is 53.0 Å². The van der Waals surface area contributed by atoms with Crippen LogP contribution < -0.4 is 16.8 Å². The molecule has 0 fully saturated rings. The Bertz CT molecular complexity index is 638. The number of rotatable bonds is 7. The van der Waals surface area contributed by atoms with E-state index in [-0.39, 0.29) is 43.2 Å². The van der Waals surface area contributed by atoms with E-state index >= 15 is 0 Å². The summed E-state index contributed by atoms with van der Waals surface area (Å²) in [5.41, 5.74) is 14.2. The Hall–Kier alpha value is -1.27. The van der Waals surface area contributed by atoms with Crippen molar-refractivity contribution in [3.8, 4) is 0 Å². The third-order valence-electron chi connectivity index (χ3n) is 3.51. The number of hydrogen-bond donors (Lipinski definition) is 3. The van der Waals surface area contributed by atoms with E-state index in [2.05, 4.69) is 33.4 Å². The minimum absolute atomic E-state index is 0. The molecule has 0 heterocycles. The highest BCUT2D eigenvalue weighted by atomic mass is 79.9. The van der Waals surface area contributed by atoms with Gasteiger partial charge in [0.1, 0.15) is 0 Å². The summed E-state index contributed by atoms with van der Waals surface area (Å²) >= 11 is 3.46. The number of hydrogen-bond acceptors (Lipinski definition) is 3. The van der Waals surface area contributed by atoms with Crippen LogP contribution in [-0.2, 0) is 17.8 Å². The normalized spacial score (nSPS) is 10.9. The standard InChI is InChI=1S/C17H20BrN3O.2ClH/c18-15-3-1-2-13(9-15)11-21-16-6-4-12(5-7-16)8-14(10-19)17(20)22;;/h1-7,9,14,21H,8,10-11,19H2,(H2,20,22);2*1H. The first-order valence-electron chi connectivity index (χ1n) is 7.15. The molecule has 1 amide bonds. The molecular weight excluding hydrogens is 413 g/mol. The lowest BCUT2D eigenvalue weighted by molar-refractivity contribution is -0.121. The fraction of sp³-hybridized carbons (Fsp3) is 0.235. The van der Waals surface area contributed by atoms with E-state index in [0.29, 0.717) is 6.42 Å². The quantitative estimate of drug-likeness (QED) is 0.623. The van der Waals surface area contributed by atoms with Gasteiger partial charge in [0.2, 0.25) is 5.91 Å². The first-order valence-corrected chi connectivity index (χ1v) is 7.94. The van der Waals surface area contributed by atoms with Crippen molar-refractivity contribution in [2.45, 2.75) is 13.0 Å². The highest BCUT2D eigenvalue weighted by Gasteiger charge is 2.13. The Morgan fingerprint density at radius 3 is 2.29 bits per heavy atom. The Balaban J connectivity index is 0.00000264. The van der Waals surface area contributed by atoms with E-state index in [1.165, 1.54) is 5.56 Å². The lowest BCUT2D eigenvalue weighted by Gasteiger charge is -2.12. The van der Waals surface area contributed by atoms with E-state index in [9.17, 15) is 4.79 Å². The van der Waals surface area contributed by atoms with E-state index in [0.717, 1.165) is 22.3 Å². The van der Waals surface area contributed by atoms with Crippen molar-refractivity contribution in [1.82, 2.24) is 0 Å². The van der Waals surface area contributed by atoms with Gasteiger partial charge in [-0.3, -0.25) is 4.79 Å². The summed E-state index contributed by atoms with van der Waals surface area (Å²) in [4.78, 5) is 11.2. The second kappa shape index (κ2) is 11.3. The predicted molar refractivity (Wildman–Crippen MR) is 108 cm³/mol. The van der Waals surface area contributed by atoms with Crippen molar-refractivity contribution < 1.29 is 4.79 Å². The molecule has 0 aliphatic heterocycles. The number of amides is 1. The first-order chi connectivity index (χ1) is 10.6. The highest BCUT2D eigenvalue weighted by molar-refractivity contribution is 9.10. The fourth-order valence-corrected chi connectivity index (χ4v) is 2.64. The van der Waals surface area contributed by atoms with E-state index in [1.54, 1.807) is 0 Å². The number of carbonyl (C=O) groups is 1. The van der Waals surface area contributed by atoms with Crippen LogP contribution in [0.3, 0.4) is 0 Å². The zero-order chi connectivity index (χ0) is 15.9. The van der Waals surface area contributed by atoms with Crippen molar-refractivity contribution in [2.24, 2.45) is 17.4 Å². The number of nitrogens with two attached hydrogens (primary N) is 2. The fourth-order valence-electron chi connectivity index (χ4n) is 2.19. The molecule has 0 saturated carbocycles. The number of benzene rings is 2. The minimum Gasteiger partial charge on any atom is -0.381 e.